The van der Waals surface area contributed by atoms with Crippen molar-refractivity contribution in [2.45, 2.75) is 57.1 Å². The van der Waals surface area contributed by atoms with Gasteiger partial charge in [-0.25, -0.2) is 0 Å². The molecule has 0 unspecified atom stereocenters. The quantitative estimate of drug-likeness (QED) is 0.822. The van der Waals surface area contributed by atoms with E-state index in [-0.39, 0.29) is 12.5 Å². The van der Waals surface area contributed by atoms with Crippen molar-refractivity contribution in [1.29, 1.82) is 0 Å². The molecule has 1 aromatic heterocycles. The maximum atomic E-state index is 12.6. The summed E-state index contributed by atoms with van der Waals surface area (Å²) < 4.78 is 13.1. The molecule has 1 aliphatic carbocycles. The highest BCUT2D eigenvalue weighted by Crippen LogP contribution is 2.35. The Kier molecular flexibility index (Phi) is 5.82. The second kappa shape index (κ2) is 8.49. The Morgan fingerprint density at radius 2 is 2.11 bits per heavy atom. The highest BCUT2D eigenvalue weighted by atomic mass is 16.5. The second-order valence-electron chi connectivity index (χ2n) is 7.92. The van der Waals surface area contributed by atoms with Crippen LogP contribution < -0.4 is 10.1 Å². The fourth-order valence-electron chi connectivity index (χ4n) is 4.28. The van der Waals surface area contributed by atoms with E-state index in [0.29, 0.717) is 30.0 Å². The molecule has 1 aliphatic heterocycles. The van der Waals surface area contributed by atoms with Crippen LogP contribution in [0.3, 0.4) is 0 Å². The van der Waals surface area contributed by atoms with E-state index in [4.69, 9.17) is 14.6 Å². The minimum atomic E-state index is -0.390. The molecule has 0 bridgehead atoms. The summed E-state index contributed by atoms with van der Waals surface area (Å²) in [5.41, 5.74) is 1.51. The lowest BCUT2D eigenvalue weighted by molar-refractivity contribution is -0.129. The van der Waals surface area contributed by atoms with Gasteiger partial charge in [0.1, 0.15) is 11.9 Å². The SMILES string of the molecule is COc1cc2nn([C@H]3CC[C@H](CO)CC3)cc2cc1NC(=O)[C@@H]1CCCCO1. The Labute approximate surface area is 165 Å². The Hall–Kier alpha value is -2.12. The summed E-state index contributed by atoms with van der Waals surface area (Å²) in [5, 5.41) is 18.0. The molecule has 1 atom stereocenters. The van der Waals surface area contributed by atoms with Gasteiger partial charge in [0, 0.05) is 30.9 Å². The number of fused-ring (bicyclic) bond motifs is 1. The topological polar surface area (TPSA) is 85.6 Å². The van der Waals surface area contributed by atoms with Crippen LogP contribution in [0.15, 0.2) is 18.3 Å². The normalized spacial score (nSPS) is 25.6. The van der Waals surface area contributed by atoms with E-state index in [2.05, 4.69) is 5.32 Å². The molecule has 7 heteroatoms. The van der Waals surface area contributed by atoms with E-state index in [1.165, 1.54) is 0 Å². The van der Waals surface area contributed by atoms with E-state index < -0.39 is 6.10 Å². The average molecular weight is 387 g/mol. The molecule has 0 radical (unpaired) electrons. The number of aliphatic hydroxyl groups is 1. The van der Waals surface area contributed by atoms with Crippen LogP contribution in [0.1, 0.15) is 51.0 Å². The van der Waals surface area contributed by atoms with E-state index >= 15 is 0 Å². The van der Waals surface area contributed by atoms with Crippen LogP contribution in [-0.2, 0) is 9.53 Å². The molecule has 0 spiro atoms. The fraction of sp³-hybridized carbons (Fsp3) is 0.619. The first-order valence-electron chi connectivity index (χ1n) is 10.3. The van der Waals surface area contributed by atoms with Crippen molar-refractivity contribution in [3.8, 4) is 5.75 Å². The maximum absolute atomic E-state index is 12.6. The standard InChI is InChI=1S/C21H29N3O4/c1-27-20-11-17-15(10-18(20)22-21(26)19-4-2-3-9-28-19)12-24(23-17)16-7-5-14(13-25)6-8-16/h10-12,14,16,19,25H,2-9,13H2,1H3,(H,22,26)/t14-,16-,19-/m0/s1. The van der Waals surface area contributed by atoms with E-state index in [1.807, 2.05) is 23.0 Å². The van der Waals surface area contributed by atoms with Crippen LogP contribution in [0.4, 0.5) is 5.69 Å². The summed E-state index contributed by atoms with van der Waals surface area (Å²) in [6, 6.07) is 4.16. The molecule has 1 saturated heterocycles. The van der Waals surface area contributed by atoms with Crippen molar-refractivity contribution in [3.63, 3.8) is 0 Å². The lowest BCUT2D eigenvalue weighted by Gasteiger charge is -2.27. The van der Waals surface area contributed by atoms with E-state index in [0.717, 1.165) is 55.8 Å². The van der Waals surface area contributed by atoms with Crippen LogP contribution in [0.2, 0.25) is 0 Å². The number of carbonyl (C=O) groups is 1. The zero-order valence-corrected chi connectivity index (χ0v) is 16.4. The van der Waals surface area contributed by atoms with Crippen molar-refractivity contribution in [2.75, 3.05) is 25.6 Å². The summed E-state index contributed by atoms with van der Waals surface area (Å²) in [4.78, 5) is 12.6. The summed E-state index contributed by atoms with van der Waals surface area (Å²) in [6.07, 6.45) is 8.55. The number of anilines is 1. The molecule has 1 aromatic carbocycles. The molecule has 4 rings (SSSR count). The molecular weight excluding hydrogens is 358 g/mol. The van der Waals surface area contributed by atoms with Gasteiger partial charge in [-0.3, -0.25) is 9.48 Å². The van der Waals surface area contributed by atoms with E-state index in [9.17, 15) is 9.90 Å². The van der Waals surface area contributed by atoms with Gasteiger partial charge in [-0.05, 0) is 56.9 Å². The van der Waals surface area contributed by atoms with Gasteiger partial charge < -0.3 is 19.9 Å². The molecule has 7 nitrogen and oxygen atoms in total. The Balaban J connectivity index is 1.53. The molecule has 2 fully saturated rings. The third-order valence-corrected chi connectivity index (χ3v) is 6.02. The van der Waals surface area contributed by atoms with Gasteiger partial charge in [-0.1, -0.05) is 0 Å². The number of aliphatic hydroxyl groups excluding tert-OH is 1. The van der Waals surface area contributed by atoms with Crippen LogP contribution in [0.25, 0.3) is 10.9 Å². The van der Waals surface area contributed by atoms with Crippen molar-refractivity contribution >= 4 is 22.5 Å². The number of methoxy groups -OCH3 is 1. The summed E-state index contributed by atoms with van der Waals surface area (Å²) in [6.45, 7) is 0.915. The van der Waals surface area contributed by atoms with Crippen molar-refractivity contribution in [1.82, 2.24) is 9.78 Å². The first-order chi connectivity index (χ1) is 13.7. The third-order valence-electron chi connectivity index (χ3n) is 6.02. The van der Waals surface area contributed by atoms with Crippen molar-refractivity contribution < 1.29 is 19.4 Å². The van der Waals surface area contributed by atoms with Crippen LogP contribution >= 0.6 is 0 Å². The number of hydrogen-bond donors (Lipinski definition) is 2. The monoisotopic (exact) mass is 387 g/mol. The van der Waals surface area contributed by atoms with Gasteiger partial charge in [0.2, 0.25) is 0 Å². The van der Waals surface area contributed by atoms with Crippen molar-refractivity contribution in [3.05, 3.63) is 18.3 Å². The van der Waals surface area contributed by atoms with Gasteiger partial charge in [0.15, 0.2) is 0 Å². The molecule has 2 aromatic rings. The minimum absolute atomic E-state index is 0.118. The largest absolute Gasteiger partial charge is 0.494 e. The van der Waals surface area contributed by atoms with Gasteiger partial charge in [-0.2, -0.15) is 5.10 Å². The summed E-state index contributed by atoms with van der Waals surface area (Å²) >= 11 is 0. The average Bonchev–Trinajstić information content (AvgIpc) is 3.16. The zero-order chi connectivity index (χ0) is 19.5. The first kappa shape index (κ1) is 19.2. The molecule has 2 heterocycles. The zero-order valence-electron chi connectivity index (χ0n) is 16.4. The van der Waals surface area contributed by atoms with Crippen LogP contribution in [0, 0.1) is 5.92 Å². The smallest absolute Gasteiger partial charge is 0.253 e. The number of nitrogens with zero attached hydrogens (tertiary/aromatic N) is 2. The first-order valence-corrected chi connectivity index (χ1v) is 10.3. The van der Waals surface area contributed by atoms with Crippen LogP contribution in [-0.4, -0.2) is 47.2 Å². The molecule has 2 aliphatic rings. The number of carbonyl (C=O) groups excluding carboxylic acids is 1. The highest BCUT2D eigenvalue weighted by molar-refractivity contribution is 5.98. The van der Waals surface area contributed by atoms with Crippen molar-refractivity contribution in [2.24, 2.45) is 5.92 Å². The number of aromatic nitrogens is 2. The van der Waals surface area contributed by atoms with Gasteiger partial charge in [0.05, 0.1) is 24.4 Å². The Morgan fingerprint density at radius 1 is 1.29 bits per heavy atom. The summed E-state index contributed by atoms with van der Waals surface area (Å²) in [5.74, 6) is 0.906. The predicted molar refractivity (Wildman–Crippen MR) is 107 cm³/mol. The molecule has 1 amide bonds. The summed E-state index contributed by atoms with van der Waals surface area (Å²) in [7, 11) is 1.60. The number of benzene rings is 1. The lowest BCUT2D eigenvalue weighted by Crippen LogP contribution is -2.33. The second-order valence-corrected chi connectivity index (χ2v) is 7.92. The van der Waals surface area contributed by atoms with Crippen LogP contribution in [0.5, 0.6) is 5.75 Å². The lowest BCUT2D eigenvalue weighted by atomic mass is 9.87. The maximum Gasteiger partial charge on any atom is 0.253 e. The minimum Gasteiger partial charge on any atom is -0.494 e. The fourth-order valence-corrected chi connectivity index (χ4v) is 4.28. The van der Waals surface area contributed by atoms with Gasteiger partial charge >= 0.3 is 0 Å². The number of ether oxygens (including phenoxy) is 2. The number of amides is 1. The molecule has 152 valence electrons. The Bertz CT molecular complexity index is 820. The molecular formula is C21H29N3O4. The molecule has 2 N–H and O–H groups in total. The Morgan fingerprint density at radius 3 is 2.79 bits per heavy atom. The molecule has 1 saturated carbocycles. The van der Waals surface area contributed by atoms with Gasteiger partial charge in [-0.15, -0.1) is 0 Å². The third kappa shape index (κ3) is 4.00. The number of hydrogen-bond acceptors (Lipinski definition) is 5. The van der Waals surface area contributed by atoms with E-state index in [1.54, 1.807) is 7.11 Å². The van der Waals surface area contributed by atoms with Gasteiger partial charge in [0.25, 0.3) is 5.91 Å². The molecule has 28 heavy (non-hydrogen) atoms. The number of nitrogens with one attached hydrogen (secondary N) is 1. The number of rotatable bonds is 5. The predicted octanol–water partition coefficient (Wildman–Crippen LogP) is 3.28. The highest BCUT2D eigenvalue weighted by Gasteiger charge is 2.25.